The first-order valence-corrected chi connectivity index (χ1v) is 11.4. The Bertz CT molecular complexity index is 1200. The van der Waals surface area contributed by atoms with Gasteiger partial charge in [-0.2, -0.15) is 0 Å². The highest BCUT2D eigenvalue weighted by Crippen LogP contribution is 2.33. The minimum atomic E-state index is -0.163. The van der Waals surface area contributed by atoms with Crippen molar-refractivity contribution in [1.29, 1.82) is 0 Å². The SMILES string of the molecule is Fc1ccc(CN2C[C@@H]3CCN(CCc4c[nH]c5ccc(-n6cnnc6)cc45)[C@@H]3C2)cc1. The third-order valence-corrected chi connectivity index (χ3v) is 7.19. The number of halogens is 1. The number of likely N-dealkylation sites (tertiary alicyclic amines) is 2. The van der Waals surface area contributed by atoms with Crippen molar-refractivity contribution < 1.29 is 4.39 Å². The van der Waals surface area contributed by atoms with Crippen molar-refractivity contribution in [3.05, 3.63) is 78.3 Å². The van der Waals surface area contributed by atoms with Crippen LogP contribution in [0.4, 0.5) is 4.39 Å². The van der Waals surface area contributed by atoms with E-state index in [1.807, 2.05) is 16.7 Å². The molecular formula is C25H27FN6. The van der Waals surface area contributed by atoms with E-state index in [1.165, 1.54) is 35.0 Å². The van der Waals surface area contributed by atoms with Gasteiger partial charge in [0, 0.05) is 55.0 Å². The molecule has 2 aromatic carbocycles. The van der Waals surface area contributed by atoms with Gasteiger partial charge in [0.15, 0.2) is 0 Å². The molecule has 6 nitrogen and oxygen atoms in total. The maximum Gasteiger partial charge on any atom is 0.123 e. The van der Waals surface area contributed by atoms with E-state index in [0.29, 0.717) is 6.04 Å². The minimum absolute atomic E-state index is 0.163. The molecule has 4 heterocycles. The number of hydrogen-bond donors (Lipinski definition) is 1. The molecule has 2 aliphatic rings. The lowest BCUT2D eigenvalue weighted by atomic mass is 10.0. The summed E-state index contributed by atoms with van der Waals surface area (Å²) in [5.41, 5.74) is 4.81. The summed E-state index contributed by atoms with van der Waals surface area (Å²) in [6.07, 6.45) is 7.93. The third-order valence-electron chi connectivity index (χ3n) is 7.19. The molecule has 1 N–H and O–H groups in total. The summed E-state index contributed by atoms with van der Waals surface area (Å²) in [6, 6.07) is 14.0. The van der Waals surface area contributed by atoms with E-state index >= 15 is 0 Å². The highest BCUT2D eigenvalue weighted by atomic mass is 19.1. The van der Waals surface area contributed by atoms with Crippen molar-refractivity contribution in [3.63, 3.8) is 0 Å². The molecule has 0 unspecified atom stereocenters. The van der Waals surface area contributed by atoms with Crippen molar-refractivity contribution in [3.8, 4) is 5.69 Å². The van der Waals surface area contributed by atoms with Crippen LogP contribution in [0.5, 0.6) is 0 Å². The standard InChI is InChI=1S/C25H27FN6/c26-21-3-1-18(2-4-21)13-30-14-20-8-10-31(25(20)15-30)9-7-19-12-27-24-6-5-22(11-23(19)24)32-16-28-29-17-32/h1-6,11-12,16-17,20,25,27H,7-10,13-15H2/t20-,25+/m0/s1. The van der Waals surface area contributed by atoms with E-state index < -0.39 is 0 Å². The number of fused-ring (bicyclic) bond motifs is 2. The summed E-state index contributed by atoms with van der Waals surface area (Å²) in [7, 11) is 0. The van der Waals surface area contributed by atoms with E-state index in [0.717, 1.165) is 44.2 Å². The molecule has 0 saturated carbocycles. The second-order valence-electron chi connectivity index (χ2n) is 9.14. The summed E-state index contributed by atoms with van der Waals surface area (Å²) < 4.78 is 15.1. The monoisotopic (exact) mass is 430 g/mol. The molecule has 0 aliphatic carbocycles. The van der Waals surface area contributed by atoms with Crippen LogP contribution in [0.3, 0.4) is 0 Å². The fraction of sp³-hybridized carbons (Fsp3) is 0.360. The van der Waals surface area contributed by atoms with E-state index in [2.05, 4.69) is 49.4 Å². The Balaban J connectivity index is 1.12. The third kappa shape index (κ3) is 3.72. The van der Waals surface area contributed by atoms with Gasteiger partial charge in [0.2, 0.25) is 0 Å². The smallest absolute Gasteiger partial charge is 0.123 e. The minimum Gasteiger partial charge on any atom is -0.361 e. The number of aromatic amines is 1. The Morgan fingerprint density at radius 2 is 1.88 bits per heavy atom. The van der Waals surface area contributed by atoms with Gasteiger partial charge in [-0.3, -0.25) is 14.4 Å². The van der Waals surface area contributed by atoms with Crippen LogP contribution in [-0.2, 0) is 13.0 Å². The topological polar surface area (TPSA) is 53.0 Å². The largest absolute Gasteiger partial charge is 0.361 e. The van der Waals surface area contributed by atoms with E-state index in [1.54, 1.807) is 24.8 Å². The molecular weight excluding hydrogens is 403 g/mol. The molecule has 4 aromatic rings. The summed E-state index contributed by atoms with van der Waals surface area (Å²) in [6.45, 7) is 5.43. The van der Waals surface area contributed by atoms with Crippen molar-refractivity contribution in [2.75, 3.05) is 26.2 Å². The molecule has 32 heavy (non-hydrogen) atoms. The van der Waals surface area contributed by atoms with Crippen molar-refractivity contribution >= 4 is 10.9 Å². The van der Waals surface area contributed by atoms with E-state index in [-0.39, 0.29) is 5.82 Å². The molecule has 2 atom stereocenters. The molecule has 0 amide bonds. The molecule has 2 fully saturated rings. The number of hydrogen-bond acceptors (Lipinski definition) is 4. The molecule has 164 valence electrons. The number of nitrogens with zero attached hydrogens (tertiary/aromatic N) is 5. The number of nitrogens with one attached hydrogen (secondary N) is 1. The lowest BCUT2D eigenvalue weighted by molar-refractivity contribution is 0.224. The van der Waals surface area contributed by atoms with E-state index in [4.69, 9.17) is 0 Å². The number of aromatic nitrogens is 4. The number of H-pyrrole nitrogens is 1. The van der Waals surface area contributed by atoms with Gasteiger partial charge < -0.3 is 4.98 Å². The molecule has 2 aromatic heterocycles. The summed E-state index contributed by atoms with van der Waals surface area (Å²) in [5.74, 6) is 0.586. The normalized spacial score (nSPS) is 21.5. The van der Waals surface area contributed by atoms with Gasteiger partial charge in [-0.05, 0) is 66.8 Å². The summed E-state index contributed by atoms with van der Waals surface area (Å²) >= 11 is 0. The molecule has 7 heteroatoms. The van der Waals surface area contributed by atoms with Gasteiger partial charge in [-0.1, -0.05) is 12.1 Å². The van der Waals surface area contributed by atoms with Crippen LogP contribution in [-0.4, -0.2) is 61.8 Å². The zero-order chi connectivity index (χ0) is 21.5. The fourth-order valence-electron chi connectivity index (χ4n) is 5.52. The Morgan fingerprint density at radius 3 is 2.72 bits per heavy atom. The Kier molecular flexibility index (Phi) is 5.00. The first-order valence-electron chi connectivity index (χ1n) is 11.4. The Labute approximate surface area is 186 Å². The zero-order valence-electron chi connectivity index (χ0n) is 18.0. The summed E-state index contributed by atoms with van der Waals surface area (Å²) in [5, 5.41) is 9.12. The molecule has 0 bridgehead atoms. The quantitative estimate of drug-likeness (QED) is 0.508. The van der Waals surface area contributed by atoms with Crippen LogP contribution >= 0.6 is 0 Å². The van der Waals surface area contributed by atoms with Crippen LogP contribution in [0.2, 0.25) is 0 Å². The highest BCUT2D eigenvalue weighted by molar-refractivity contribution is 5.85. The van der Waals surface area contributed by atoms with Crippen molar-refractivity contribution in [1.82, 2.24) is 29.5 Å². The van der Waals surface area contributed by atoms with Crippen LogP contribution in [0.1, 0.15) is 17.5 Å². The van der Waals surface area contributed by atoms with Crippen LogP contribution in [0.25, 0.3) is 16.6 Å². The van der Waals surface area contributed by atoms with Gasteiger partial charge in [0.1, 0.15) is 18.5 Å². The van der Waals surface area contributed by atoms with Gasteiger partial charge in [-0.15, -0.1) is 10.2 Å². The number of rotatable bonds is 6. The van der Waals surface area contributed by atoms with Gasteiger partial charge in [0.25, 0.3) is 0 Å². The molecule has 6 rings (SSSR count). The fourth-order valence-corrected chi connectivity index (χ4v) is 5.52. The number of benzene rings is 2. The maximum absolute atomic E-state index is 13.2. The average molecular weight is 431 g/mol. The lowest BCUT2D eigenvalue weighted by Crippen LogP contribution is -2.36. The second-order valence-corrected chi connectivity index (χ2v) is 9.14. The summed E-state index contributed by atoms with van der Waals surface area (Å²) in [4.78, 5) is 8.64. The Morgan fingerprint density at radius 1 is 1.03 bits per heavy atom. The van der Waals surface area contributed by atoms with Gasteiger partial charge in [-0.25, -0.2) is 4.39 Å². The molecule has 2 saturated heterocycles. The average Bonchev–Trinajstić information content (AvgIpc) is 3.59. The predicted octanol–water partition coefficient (Wildman–Crippen LogP) is 3.64. The molecule has 0 spiro atoms. The first-order chi connectivity index (χ1) is 15.7. The highest BCUT2D eigenvalue weighted by Gasteiger charge is 2.40. The maximum atomic E-state index is 13.2. The van der Waals surface area contributed by atoms with Gasteiger partial charge in [0.05, 0.1) is 0 Å². The van der Waals surface area contributed by atoms with Crippen molar-refractivity contribution in [2.45, 2.75) is 25.4 Å². The van der Waals surface area contributed by atoms with Crippen LogP contribution in [0.15, 0.2) is 61.3 Å². The lowest BCUT2D eigenvalue weighted by Gasteiger charge is -2.24. The van der Waals surface area contributed by atoms with Crippen LogP contribution < -0.4 is 0 Å². The first kappa shape index (κ1) is 19.6. The van der Waals surface area contributed by atoms with Crippen LogP contribution in [0, 0.1) is 11.7 Å². The van der Waals surface area contributed by atoms with Gasteiger partial charge >= 0.3 is 0 Å². The second kappa shape index (κ2) is 8.15. The Hall–Kier alpha value is -3.03. The zero-order valence-corrected chi connectivity index (χ0v) is 18.0. The predicted molar refractivity (Wildman–Crippen MR) is 122 cm³/mol. The van der Waals surface area contributed by atoms with Crippen molar-refractivity contribution in [2.24, 2.45) is 5.92 Å². The van der Waals surface area contributed by atoms with E-state index in [9.17, 15) is 4.39 Å². The molecule has 0 radical (unpaired) electrons. The molecule has 2 aliphatic heterocycles.